The van der Waals surface area contributed by atoms with Crippen molar-refractivity contribution < 1.29 is 27.4 Å². The Morgan fingerprint density at radius 3 is 2.48 bits per heavy atom. The number of aromatic nitrogens is 5. The first-order valence-corrected chi connectivity index (χ1v) is 19.3. The Labute approximate surface area is 301 Å². The van der Waals surface area contributed by atoms with Crippen LogP contribution in [0, 0.1) is 0 Å². The Kier molecular flexibility index (Phi) is 10.2. The highest BCUT2D eigenvalue weighted by molar-refractivity contribution is 7.90. The van der Waals surface area contributed by atoms with Gasteiger partial charge < -0.3 is 24.4 Å². The molecule has 2 fully saturated rings. The van der Waals surface area contributed by atoms with Gasteiger partial charge in [-0.3, -0.25) is 4.98 Å². The summed E-state index contributed by atoms with van der Waals surface area (Å²) in [5, 5.41) is 18.6. The molecule has 0 aliphatic carbocycles. The van der Waals surface area contributed by atoms with Gasteiger partial charge in [-0.1, -0.05) is 23.2 Å². The van der Waals surface area contributed by atoms with Gasteiger partial charge >= 0.3 is 6.09 Å². The van der Waals surface area contributed by atoms with Gasteiger partial charge in [0.05, 0.1) is 26.9 Å². The Bertz CT molecular complexity index is 1950. The van der Waals surface area contributed by atoms with Crippen molar-refractivity contribution in [2.24, 2.45) is 0 Å². The minimum atomic E-state index is -3.25. The number of sulfone groups is 1. The van der Waals surface area contributed by atoms with E-state index < -0.39 is 33.2 Å². The van der Waals surface area contributed by atoms with E-state index in [1.807, 2.05) is 46.8 Å². The zero-order valence-corrected chi connectivity index (χ0v) is 31.0. The third-order valence-electron chi connectivity index (χ3n) is 8.64. The summed E-state index contributed by atoms with van der Waals surface area (Å²) >= 11 is 12.8. The van der Waals surface area contributed by atoms with Crippen LogP contribution in [0.1, 0.15) is 71.3 Å². The molecule has 4 aromatic rings. The number of nitrogens with zero attached hydrogens (tertiary/aromatic N) is 6. The van der Waals surface area contributed by atoms with E-state index in [-0.39, 0.29) is 18.4 Å². The van der Waals surface area contributed by atoms with Crippen LogP contribution in [0.25, 0.3) is 22.3 Å². The van der Waals surface area contributed by atoms with Crippen molar-refractivity contribution in [3.63, 3.8) is 0 Å². The summed E-state index contributed by atoms with van der Waals surface area (Å²) in [6.45, 7) is 8.54. The minimum Gasteiger partial charge on any atom is -0.486 e. The summed E-state index contributed by atoms with van der Waals surface area (Å²) in [6.07, 6.45) is 6.10. The molecule has 0 bridgehead atoms. The summed E-state index contributed by atoms with van der Waals surface area (Å²) in [4.78, 5) is 18.6. The van der Waals surface area contributed by atoms with Crippen LogP contribution >= 0.6 is 23.2 Å². The first-order valence-electron chi connectivity index (χ1n) is 16.5. The van der Waals surface area contributed by atoms with Crippen LogP contribution in [0.2, 0.25) is 10.0 Å². The fourth-order valence-electron chi connectivity index (χ4n) is 6.26. The number of alkyl carbamates (subject to hydrolysis) is 1. The third kappa shape index (κ3) is 8.25. The Balaban J connectivity index is 1.26. The molecule has 1 aromatic carbocycles. The molecular weight excluding hydrogens is 705 g/mol. The van der Waals surface area contributed by atoms with Crippen LogP contribution in [0.3, 0.4) is 0 Å². The maximum atomic E-state index is 12.7. The molecule has 1 unspecified atom stereocenters. The Morgan fingerprint density at radius 1 is 1.12 bits per heavy atom. The average molecular weight is 747 g/mol. The molecule has 3 aromatic heterocycles. The van der Waals surface area contributed by atoms with E-state index >= 15 is 0 Å². The van der Waals surface area contributed by atoms with Crippen LogP contribution in [0.4, 0.5) is 10.6 Å². The number of nitrogens with one attached hydrogen (secondary N) is 1. The van der Waals surface area contributed by atoms with E-state index in [2.05, 4.69) is 20.5 Å². The number of benzene rings is 1. The smallest absolute Gasteiger partial charge is 0.408 e. The van der Waals surface area contributed by atoms with Gasteiger partial charge in [0, 0.05) is 49.3 Å². The molecule has 268 valence electrons. The van der Waals surface area contributed by atoms with E-state index in [0.29, 0.717) is 58.3 Å². The highest BCUT2D eigenvalue weighted by Crippen LogP contribution is 2.38. The van der Waals surface area contributed by atoms with Crippen LogP contribution in [-0.4, -0.2) is 82.3 Å². The second-order valence-electron chi connectivity index (χ2n) is 14.0. The lowest BCUT2D eigenvalue weighted by Crippen LogP contribution is -2.71. The highest BCUT2D eigenvalue weighted by Gasteiger charge is 2.46. The molecule has 2 atom stereocenters. The van der Waals surface area contributed by atoms with Gasteiger partial charge in [-0.15, -0.1) is 10.2 Å². The number of hydrogen-bond donors (Lipinski definition) is 1. The number of carbonyl (C=O) groups is 1. The second-order valence-corrected chi connectivity index (χ2v) is 17.1. The molecule has 50 heavy (non-hydrogen) atoms. The largest absolute Gasteiger partial charge is 0.486 e. The SMILES string of the molecule is C[C@@H](Oc1ccc2c(c1)c(-c1ccc(N3CC(CCS(C)(=O)=O)(NC(=O)OC(C)(C)C)C3)nn1)nn2C1CCCCO1)c1c(Cl)cncc1Cl. The van der Waals surface area contributed by atoms with Gasteiger partial charge in [0.15, 0.2) is 12.0 Å². The predicted molar refractivity (Wildman–Crippen MR) is 192 cm³/mol. The van der Waals surface area contributed by atoms with E-state index in [1.165, 1.54) is 18.6 Å². The van der Waals surface area contributed by atoms with Crippen molar-refractivity contribution in [1.82, 2.24) is 30.3 Å². The normalized spacial score (nSPS) is 18.4. The van der Waals surface area contributed by atoms with Crippen molar-refractivity contribution in [3.8, 4) is 17.1 Å². The topological polar surface area (TPSA) is 151 Å². The van der Waals surface area contributed by atoms with E-state index in [0.717, 1.165) is 30.2 Å². The van der Waals surface area contributed by atoms with Crippen molar-refractivity contribution in [1.29, 1.82) is 0 Å². The monoisotopic (exact) mass is 745 g/mol. The maximum Gasteiger partial charge on any atom is 0.408 e. The number of halogens is 2. The quantitative estimate of drug-likeness (QED) is 0.188. The molecular formula is C34H41Cl2N7O6S. The molecule has 0 spiro atoms. The second kappa shape index (κ2) is 14.1. The Hall–Kier alpha value is -3.72. The van der Waals surface area contributed by atoms with Gasteiger partial charge in [0.25, 0.3) is 0 Å². The molecule has 16 heteroatoms. The number of pyridine rings is 1. The number of hydrogen-bond acceptors (Lipinski definition) is 11. The lowest BCUT2D eigenvalue weighted by molar-refractivity contribution is -0.0365. The fourth-order valence-corrected chi connectivity index (χ4v) is 7.69. The first kappa shape index (κ1) is 36.1. The number of amides is 1. The van der Waals surface area contributed by atoms with Gasteiger partial charge in [-0.05, 0) is 83.7 Å². The van der Waals surface area contributed by atoms with E-state index in [1.54, 1.807) is 20.8 Å². The van der Waals surface area contributed by atoms with Gasteiger partial charge in [0.1, 0.15) is 38.7 Å². The summed E-state index contributed by atoms with van der Waals surface area (Å²) < 4.78 is 43.8. The average Bonchev–Trinajstić information content (AvgIpc) is 3.40. The third-order valence-corrected chi connectivity index (χ3v) is 10.2. The zero-order valence-electron chi connectivity index (χ0n) is 28.6. The predicted octanol–water partition coefficient (Wildman–Crippen LogP) is 6.55. The van der Waals surface area contributed by atoms with E-state index in [9.17, 15) is 13.2 Å². The maximum absolute atomic E-state index is 12.7. The van der Waals surface area contributed by atoms with Crippen molar-refractivity contribution in [2.45, 2.75) is 76.9 Å². The van der Waals surface area contributed by atoms with E-state index in [4.69, 9.17) is 42.5 Å². The van der Waals surface area contributed by atoms with Crippen molar-refractivity contribution in [2.75, 3.05) is 36.6 Å². The molecule has 1 N–H and O–H groups in total. The lowest BCUT2D eigenvalue weighted by atomic mass is 9.87. The highest BCUT2D eigenvalue weighted by atomic mass is 35.5. The molecule has 2 aliphatic rings. The first-order chi connectivity index (χ1) is 23.6. The number of carbonyl (C=O) groups excluding carboxylic acids is 1. The van der Waals surface area contributed by atoms with Gasteiger partial charge in [-0.2, -0.15) is 5.10 Å². The lowest BCUT2D eigenvalue weighted by Gasteiger charge is -2.50. The fraction of sp³-hybridized carbons (Fsp3) is 0.500. The van der Waals surface area contributed by atoms with Crippen LogP contribution in [-0.2, 0) is 19.3 Å². The van der Waals surface area contributed by atoms with Gasteiger partial charge in [-0.25, -0.2) is 17.9 Å². The number of ether oxygens (including phenoxy) is 3. The standard InChI is InChI=1S/C34H41Cl2N7O6S/c1-21(30-24(35)17-37-18-25(30)36)48-22-9-11-27-23(16-22)31(41-43(27)29-8-6-7-14-47-29)26-10-12-28(40-39-26)42-19-34(20-42,13-15-50(5,45)46)38-32(44)49-33(2,3)4/h9-12,16-18,21,29H,6-8,13-15,19-20H2,1-5H3,(H,38,44)/t21-,29?/m1/s1. The summed E-state index contributed by atoms with van der Waals surface area (Å²) in [5.74, 6) is 1.10. The van der Waals surface area contributed by atoms with Crippen LogP contribution in [0.15, 0.2) is 42.7 Å². The minimum absolute atomic E-state index is 0.0746. The van der Waals surface area contributed by atoms with Crippen molar-refractivity contribution in [3.05, 3.63) is 58.3 Å². The zero-order chi connectivity index (χ0) is 35.8. The van der Waals surface area contributed by atoms with Gasteiger partial charge in [0.2, 0.25) is 0 Å². The number of rotatable bonds is 10. The molecule has 2 saturated heterocycles. The molecule has 0 saturated carbocycles. The number of anilines is 1. The Morgan fingerprint density at radius 2 is 1.86 bits per heavy atom. The molecule has 5 heterocycles. The van der Waals surface area contributed by atoms with Crippen LogP contribution < -0.4 is 15.0 Å². The summed E-state index contributed by atoms with van der Waals surface area (Å²) in [6, 6.07) is 9.44. The molecule has 0 radical (unpaired) electrons. The van der Waals surface area contributed by atoms with Crippen LogP contribution in [0.5, 0.6) is 5.75 Å². The summed E-state index contributed by atoms with van der Waals surface area (Å²) in [5.41, 5.74) is 1.19. The molecule has 2 aliphatic heterocycles. The summed E-state index contributed by atoms with van der Waals surface area (Å²) in [7, 11) is -3.25. The molecule has 6 rings (SSSR count). The molecule has 1 amide bonds. The number of fused-ring (bicyclic) bond motifs is 1. The molecule has 13 nitrogen and oxygen atoms in total. The van der Waals surface area contributed by atoms with Crippen molar-refractivity contribution >= 4 is 55.9 Å².